The van der Waals surface area contributed by atoms with Gasteiger partial charge in [0.15, 0.2) is 17.3 Å². The summed E-state index contributed by atoms with van der Waals surface area (Å²) < 4.78 is 60.6. The zero-order valence-electron chi connectivity index (χ0n) is 20.7. The Balaban J connectivity index is 1.67. The molecule has 0 spiro atoms. The van der Waals surface area contributed by atoms with E-state index in [0.29, 0.717) is 29.9 Å². The number of nitrogens with zero attached hydrogens (tertiary/aromatic N) is 4. The molecule has 2 aromatic heterocycles. The Morgan fingerprint density at radius 2 is 1.71 bits per heavy atom. The number of rotatable bonds is 6. The maximum absolute atomic E-state index is 14.1. The van der Waals surface area contributed by atoms with Gasteiger partial charge in [0, 0.05) is 24.8 Å². The number of hydrogen-bond donors (Lipinski definition) is 1. The molecule has 12 heteroatoms. The molecule has 1 aliphatic heterocycles. The number of sulfonamides is 1. The average molecular weight is 542 g/mol. The Morgan fingerprint density at radius 3 is 2.37 bits per heavy atom. The number of aromatic nitrogens is 3. The van der Waals surface area contributed by atoms with Crippen LogP contribution in [0, 0.1) is 18.6 Å². The summed E-state index contributed by atoms with van der Waals surface area (Å²) >= 11 is 0. The molecule has 3 heterocycles. The lowest BCUT2D eigenvalue weighted by molar-refractivity contribution is 0.0977. The van der Waals surface area contributed by atoms with Crippen LogP contribution in [0.3, 0.4) is 0 Å². The minimum absolute atomic E-state index is 0.162. The maximum Gasteiger partial charge on any atom is 0.283 e. The van der Waals surface area contributed by atoms with Crippen LogP contribution in [0.2, 0.25) is 0 Å². The second kappa shape index (κ2) is 10.1. The molecule has 38 heavy (non-hydrogen) atoms. The van der Waals surface area contributed by atoms with Crippen molar-refractivity contribution in [2.24, 2.45) is 0 Å². The summed E-state index contributed by atoms with van der Waals surface area (Å²) in [6.07, 6.45) is 0. The van der Waals surface area contributed by atoms with Crippen molar-refractivity contribution >= 4 is 32.7 Å². The van der Waals surface area contributed by atoms with Crippen LogP contribution in [0.15, 0.2) is 48.5 Å². The molecule has 1 aliphatic rings. The number of fused-ring (bicyclic) bond motifs is 1. The van der Waals surface area contributed by atoms with E-state index >= 15 is 0 Å². The van der Waals surface area contributed by atoms with Crippen LogP contribution in [-0.2, 0) is 14.8 Å². The van der Waals surface area contributed by atoms with Crippen molar-refractivity contribution in [2.75, 3.05) is 37.0 Å². The number of carbonyl (C=O) groups excluding carboxylic acids is 1. The summed E-state index contributed by atoms with van der Waals surface area (Å²) in [4.78, 5) is 19.6. The highest BCUT2D eigenvalue weighted by Crippen LogP contribution is 2.33. The third kappa shape index (κ3) is 4.96. The van der Waals surface area contributed by atoms with Crippen molar-refractivity contribution in [3.05, 3.63) is 71.6 Å². The van der Waals surface area contributed by atoms with Gasteiger partial charge in [0.25, 0.3) is 5.91 Å². The third-order valence-corrected chi connectivity index (χ3v) is 7.63. The van der Waals surface area contributed by atoms with Crippen LogP contribution in [0.4, 0.5) is 14.5 Å². The average Bonchev–Trinajstić information content (AvgIpc) is 3.26. The van der Waals surface area contributed by atoms with E-state index in [1.165, 1.54) is 23.7 Å². The molecule has 5 rings (SSSR count). The molecule has 9 nitrogen and oxygen atoms in total. The fraction of sp³-hybridized carbons (Fsp3) is 0.269. The second-order valence-electron chi connectivity index (χ2n) is 8.83. The van der Waals surface area contributed by atoms with Crippen LogP contribution in [-0.4, -0.2) is 61.1 Å². The van der Waals surface area contributed by atoms with Gasteiger partial charge >= 0.3 is 0 Å². The molecule has 1 saturated heterocycles. The minimum Gasteiger partial charge on any atom is -0.378 e. The van der Waals surface area contributed by atoms with Gasteiger partial charge in [0.05, 0.1) is 35.7 Å². The van der Waals surface area contributed by atoms with E-state index in [0.717, 1.165) is 36.5 Å². The summed E-state index contributed by atoms with van der Waals surface area (Å²) in [6.45, 7) is 6.00. The Morgan fingerprint density at radius 1 is 1.03 bits per heavy atom. The van der Waals surface area contributed by atoms with Gasteiger partial charge in [-0.2, -0.15) is 5.10 Å². The van der Waals surface area contributed by atoms with E-state index in [1.807, 2.05) is 29.0 Å². The van der Waals surface area contributed by atoms with Gasteiger partial charge < -0.3 is 9.64 Å². The molecular weight excluding hydrogens is 516 g/mol. The van der Waals surface area contributed by atoms with Crippen LogP contribution < -0.4 is 9.62 Å². The van der Waals surface area contributed by atoms with Gasteiger partial charge in [-0.25, -0.2) is 31.6 Å². The first-order valence-corrected chi connectivity index (χ1v) is 13.7. The first-order chi connectivity index (χ1) is 18.2. The van der Waals surface area contributed by atoms with Crippen molar-refractivity contribution in [3.63, 3.8) is 0 Å². The monoisotopic (exact) mass is 541 g/mol. The summed E-state index contributed by atoms with van der Waals surface area (Å²) in [5.74, 6) is -3.27. The first kappa shape index (κ1) is 25.7. The lowest BCUT2D eigenvalue weighted by Crippen LogP contribution is -2.36. The standard InChI is InChI=1S/C26H25F2N5O4S/c1-3-38(35,36)31-26(34)23-15-20(17-4-6-18(7-5-17)32-10-12-37-13-11-32)24-16(2)30-33(25(24)29-23)19-8-9-21(27)22(28)14-19/h4-9,14-15H,3,10-13H2,1-2H3,(H,31,34). The smallest absolute Gasteiger partial charge is 0.283 e. The summed E-state index contributed by atoms with van der Waals surface area (Å²) in [5, 5.41) is 5.08. The molecule has 0 bridgehead atoms. The molecular formula is C26H25F2N5O4S. The number of nitrogens with one attached hydrogen (secondary N) is 1. The normalized spacial score (nSPS) is 14.2. The van der Waals surface area contributed by atoms with E-state index < -0.39 is 27.6 Å². The number of carbonyl (C=O) groups is 1. The van der Waals surface area contributed by atoms with E-state index in [1.54, 1.807) is 6.92 Å². The van der Waals surface area contributed by atoms with Gasteiger partial charge in [-0.15, -0.1) is 0 Å². The Bertz CT molecular complexity index is 1630. The molecule has 1 amide bonds. The lowest BCUT2D eigenvalue weighted by Gasteiger charge is -2.29. The largest absolute Gasteiger partial charge is 0.378 e. The molecule has 0 aliphatic carbocycles. The third-order valence-electron chi connectivity index (χ3n) is 6.38. The summed E-state index contributed by atoms with van der Waals surface area (Å²) in [7, 11) is -3.85. The molecule has 1 N–H and O–H groups in total. The van der Waals surface area contributed by atoms with Crippen LogP contribution in [0.25, 0.3) is 27.8 Å². The number of hydrogen-bond acceptors (Lipinski definition) is 7. The molecule has 198 valence electrons. The molecule has 4 aromatic rings. The topological polar surface area (TPSA) is 106 Å². The van der Waals surface area contributed by atoms with Gasteiger partial charge in [-0.05, 0) is 55.3 Å². The second-order valence-corrected chi connectivity index (χ2v) is 10.8. The van der Waals surface area contributed by atoms with E-state index in [9.17, 15) is 22.0 Å². The Kier molecular flexibility index (Phi) is 6.84. The van der Waals surface area contributed by atoms with Crippen molar-refractivity contribution < 1.29 is 26.7 Å². The van der Waals surface area contributed by atoms with Gasteiger partial charge in [0.1, 0.15) is 5.69 Å². The predicted molar refractivity (Wildman–Crippen MR) is 139 cm³/mol. The van der Waals surface area contributed by atoms with Gasteiger partial charge in [0.2, 0.25) is 10.0 Å². The quantitative estimate of drug-likeness (QED) is 0.398. The molecule has 2 aromatic carbocycles. The molecule has 0 radical (unpaired) electrons. The van der Waals surface area contributed by atoms with Crippen molar-refractivity contribution in [3.8, 4) is 16.8 Å². The number of ether oxygens (including phenoxy) is 1. The fourth-order valence-electron chi connectivity index (χ4n) is 4.37. The first-order valence-electron chi connectivity index (χ1n) is 12.0. The van der Waals surface area contributed by atoms with Crippen LogP contribution >= 0.6 is 0 Å². The van der Waals surface area contributed by atoms with Gasteiger partial charge in [-0.3, -0.25) is 4.79 Å². The highest BCUT2D eigenvalue weighted by Gasteiger charge is 2.23. The fourth-order valence-corrected chi connectivity index (χ4v) is 4.90. The number of pyridine rings is 1. The molecule has 0 saturated carbocycles. The van der Waals surface area contributed by atoms with Crippen LogP contribution in [0.5, 0.6) is 0 Å². The Labute approximate surface area is 218 Å². The van der Waals surface area contributed by atoms with Crippen LogP contribution in [0.1, 0.15) is 23.1 Å². The molecule has 0 unspecified atom stereocenters. The number of morpholine rings is 1. The lowest BCUT2D eigenvalue weighted by atomic mass is 10.0. The van der Waals surface area contributed by atoms with E-state index in [4.69, 9.17) is 4.74 Å². The van der Waals surface area contributed by atoms with Crippen molar-refractivity contribution in [2.45, 2.75) is 13.8 Å². The van der Waals surface area contributed by atoms with E-state index in [-0.39, 0.29) is 22.8 Å². The van der Waals surface area contributed by atoms with E-state index in [2.05, 4.69) is 15.0 Å². The minimum atomic E-state index is -3.85. The zero-order valence-corrected chi connectivity index (χ0v) is 21.6. The predicted octanol–water partition coefficient (Wildman–Crippen LogP) is 3.59. The summed E-state index contributed by atoms with van der Waals surface area (Å²) in [6, 6.07) is 12.5. The molecule has 0 atom stereocenters. The summed E-state index contributed by atoms with van der Waals surface area (Å²) in [5.41, 5.74) is 3.12. The number of amides is 1. The highest BCUT2D eigenvalue weighted by molar-refractivity contribution is 7.90. The Hall–Kier alpha value is -3.90. The number of anilines is 1. The molecule has 1 fully saturated rings. The SMILES string of the molecule is CCS(=O)(=O)NC(=O)c1cc(-c2ccc(N3CCOCC3)cc2)c2c(C)nn(-c3ccc(F)c(F)c3)c2n1. The van der Waals surface area contributed by atoms with Crippen molar-refractivity contribution in [1.82, 2.24) is 19.5 Å². The maximum atomic E-state index is 14.1. The number of benzene rings is 2. The zero-order chi connectivity index (χ0) is 27.0. The highest BCUT2D eigenvalue weighted by atomic mass is 32.2. The van der Waals surface area contributed by atoms with Gasteiger partial charge in [-0.1, -0.05) is 12.1 Å². The number of halogens is 2. The van der Waals surface area contributed by atoms with Crippen molar-refractivity contribution in [1.29, 1.82) is 0 Å². The number of aryl methyl sites for hydroxylation is 1.